The molecule has 1 saturated heterocycles. The fourth-order valence-corrected chi connectivity index (χ4v) is 4.24. The number of oxazole rings is 1. The van der Waals surface area contributed by atoms with E-state index in [0.29, 0.717) is 36.2 Å². The summed E-state index contributed by atoms with van der Waals surface area (Å²) in [4.78, 5) is 19.5. The number of likely N-dealkylation sites (tertiary alicyclic amines) is 1. The molecule has 0 saturated carbocycles. The molecule has 0 bridgehead atoms. The molecule has 32 heavy (non-hydrogen) atoms. The molecule has 2 heterocycles. The van der Waals surface area contributed by atoms with Gasteiger partial charge in [-0.05, 0) is 68.7 Å². The summed E-state index contributed by atoms with van der Waals surface area (Å²) in [5.74, 6) is 1.44. The van der Waals surface area contributed by atoms with Gasteiger partial charge in [0.1, 0.15) is 17.3 Å². The molecule has 3 aromatic rings. The second-order valence-electron chi connectivity index (χ2n) is 8.63. The lowest BCUT2D eigenvalue weighted by Crippen LogP contribution is -2.51. The molecule has 4 rings (SSSR count). The fourth-order valence-electron chi connectivity index (χ4n) is 4.03. The minimum Gasteiger partial charge on any atom is -0.478 e. The van der Waals surface area contributed by atoms with E-state index in [2.05, 4.69) is 4.98 Å². The van der Waals surface area contributed by atoms with E-state index in [1.54, 1.807) is 24.9 Å². The molecule has 0 aliphatic carbocycles. The van der Waals surface area contributed by atoms with Crippen molar-refractivity contribution in [2.24, 2.45) is 0 Å². The van der Waals surface area contributed by atoms with Crippen molar-refractivity contribution in [1.82, 2.24) is 9.88 Å². The van der Waals surface area contributed by atoms with Crippen LogP contribution in [0.15, 0.2) is 59.1 Å². The second kappa shape index (κ2) is 9.33. The van der Waals surface area contributed by atoms with Crippen LogP contribution in [0.1, 0.15) is 49.8 Å². The zero-order valence-electron chi connectivity index (χ0n) is 18.2. The first-order chi connectivity index (χ1) is 15.3. The van der Waals surface area contributed by atoms with Crippen molar-refractivity contribution >= 4 is 17.5 Å². The first kappa shape index (κ1) is 22.3. The van der Waals surface area contributed by atoms with Crippen LogP contribution in [0, 0.1) is 5.82 Å². The number of benzene rings is 2. The fraction of sp³-hybridized carbons (Fsp3) is 0.360. The van der Waals surface area contributed by atoms with Crippen molar-refractivity contribution in [1.29, 1.82) is 0 Å². The van der Waals surface area contributed by atoms with E-state index < -0.39 is 5.60 Å². The topological polar surface area (TPSA) is 55.6 Å². The summed E-state index contributed by atoms with van der Waals surface area (Å²) in [7, 11) is 0. The summed E-state index contributed by atoms with van der Waals surface area (Å²) in [6.45, 7) is 4.64. The Morgan fingerprint density at radius 2 is 2.06 bits per heavy atom. The van der Waals surface area contributed by atoms with Crippen molar-refractivity contribution in [2.75, 3.05) is 13.1 Å². The maximum absolute atomic E-state index is 13.2. The zero-order chi connectivity index (χ0) is 22.7. The van der Waals surface area contributed by atoms with Gasteiger partial charge in [0.2, 0.25) is 0 Å². The normalized spacial score (nSPS) is 16.8. The maximum atomic E-state index is 13.2. The third kappa shape index (κ3) is 5.30. The number of carbonyl (C=O) groups is 1. The molecule has 0 N–H and O–H groups in total. The molecule has 0 spiro atoms. The highest BCUT2D eigenvalue weighted by molar-refractivity contribution is 6.30. The number of rotatable bonds is 6. The van der Waals surface area contributed by atoms with Gasteiger partial charge in [0.05, 0.1) is 12.1 Å². The van der Waals surface area contributed by atoms with Gasteiger partial charge >= 0.3 is 0 Å². The molecule has 1 atom stereocenters. The standard InChI is InChI=1S/C25H26ClFN2O3/c1-25(2,32-21-10-8-20(27)9-11-21)24(30)29-12-4-6-18(16-29)23-28-15-22(31-23)14-17-5-3-7-19(26)13-17/h3,5,7-11,13,15,18H,4,6,12,14,16H2,1-2H3/t18-/m0/s1. The predicted molar refractivity (Wildman–Crippen MR) is 120 cm³/mol. The number of nitrogens with zero attached hydrogens (tertiary/aromatic N) is 2. The SMILES string of the molecule is CC(C)(Oc1ccc(F)cc1)C(=O)N1CCC[C@H](c2ncc(Cc3cccc(Cl)c3)o2)C1. The van der Waals surface area contributed by atoms with E-state index >= 15 is 0 Å². The third-order valence-electron chi connectivity index (χ3n) is 5.60. The first-order valence-corrected chi connectivity index (χ1v) is 11.1. The van der Waals surface area contributed by atoms with Crippen LogP contribution in [-0.2, 0) is 11.2 Å². The maximum Gasteiger partial charge on any atom is 0.266 e. The Kier molecular flexibility index (Phi) is 6.51. The van der Waals surface area contributed by atoms with Crippen molar-refractivity contribution < 1.29 is 18.3 Å². The monoisotopic (exact) mass is 456 g/mol. The van der Waals surface area contributed by atoms with Gasteiger partial charge < -0.3 is 14.1 Å². The smallest absolute Gasteiger partial charge is 0.266 e. The molecule has 0 radical (unpaired) electrons. The molecule has 168 valence electrons. The number of ether oxygens (including phenoxy) is 1. The Morgan fingerprint density at radius 1 is 1.28 bits per heavy atom. The quantitative estimate of drug-likeness (QED) is 0.483. The van der Waals surface area contributed by atoms with Crippen LogP contribution in [0.5, 0.6) is 5.75 Å². The molecule has 7 heteroatoms. The average Bonchev–Trinajstić information content (AvgIpc) is 3.23. The number of carbonyl (C=O) groups excluding carboxylic acids is 1. The molecule has 1 aliphatic heterocycles. The zero-order valence-corrected chi connectivity index (χ0v) is 18.9. The molecular formula is C25H26ClFN2O3. The predicted octanol–water partition coefficient (Wildman–Crippen LogP) is 5.62. The number of halogens is 2. The largest absolute Gasteiger partial charge is 0.478 e. The van der Waals surface area contributed by atoms with Gasteiger partial charge in [-0.3, -0.25) is 4.79 Å². The van der Waals surface area contributed by atoms with Crippen LogP contribution in [-0.4, -0.2) is 34.5 Å². The van der Waals surface area contributed by atoms with Crippen molar-refractivity contribution in [2.45, 2.75) is 44.6 Å². The van der Waals surface area contributed by atoms with Gasteiger partial charge in [0, 0.05) is 24.5 Å². The molecule has 2 aromatic carbocycles. The van der Waals surface area contributed by atoms with Crippen molar-refractivity contribution in [3.63, 3.8) is 0 Å². The Balaban J connectivity index is 1.41. The molecular weight excluding hydrogens is 431 g/mol. The van der Waals surface area contributed by atoms with Gasteiger partial charge in [-0.25, -0.2) is 9.37 Å². The average molecular weight is 457 g/mol. The first-order valence-electron chi connectivity index (χ1n) is 10.7. The molecule has 5 nitrogen and oxygen atoms in total. The Morgan fingerprint density at radius 3 is 2.81 bits per heavy atom. The van der Waals surface area contributed by atoms with Crippen LogP contribution >= 0.6 is 11.6 Å². The minimum absolute atomic E-state index is 0.0300. The van der Waals surface area contributed by atoms with E-state index in [9.17, 15) is 9.18 Å². The highest BCUT2D eigenvalue weighted by Gasteiger charge is 2.37. The van der Waals surface area contributed by atoms with E-state index in [0.717, 1.165) is 24.2 Å². The highest BCUT2D eigenvalue weighted by atomic mass is 35.5. The summed E-state index contributed by atoms with van der Waals surface area (Å²) >= 11 is 6.07. The summed E-state index contributed by atoms with van der Waals surface area (Å²) in [5, 5.41) is 0.689. The Hall–Kier alpha value is -2.86. The van der Waals surface area contributed by atoms with Crippen LogP contribution in [0.25, 0.3) is 0 Å². The number of hydrogen-bond acceptors (Lipinski definition) is 4. The van der Waals surface area contributed by atoms with Crippen LogP contribution in [0.3, 0.4) is 0 Å². The van der Waals surface area contributed by atoms with Crippen LogP contribution < -0.4 is 4.74 Å². The molecule has 1 fully saturated rings. The Bertz CT molecular complexity index is 1080. The minimum atomic E-state index is -1.08. The highest BCUT2D eigenvalue weighted by Crippen LogP contribution is 2.30. The van der Waals surface area contributed by atoms with Gasteiger partial charge in [0.15, 0.2) is 11.5 Å². The second-order valence-corrected chi connectivity index (χ2v) is 9.06. The van der Waals surface area contributed by atoms with Gasteiger partial charge in [0.25, 0.3) is 5.91 Å². The van der Waals surface area contributed by atoms with Gasteiger partial charge in [-0.1, -0.05) is 23.7 Å². The van der Waals surface area contributed by atoms with Gasteiger partial charge in [-0.2, -0.15) is 0 Å². The summed E-state index contributed by atoms with van der Waals surface area (Å²) in [6, 6.07) is 13.3. The van der Waals surface area contributed by atoms with E-state index in [4.69, 9.17) is 20.8 Å². The number of aromatic nitrogens is 1. The molecule has 0 unspecified atom stereocenters. The van der Waals surface area contributed by atoms with E-state index in [1.165, 1.54) is 24.3 Å². The van der Waals surface area contributed by atoms with Crippen LogP contribution in [0.4, 0.5) is 4.39 Å². The molecule has 1 aliphatic rings. The molecule has 1 amide bonds. The molecule has 1 aromatic heterocycles. The van der Waals surface area contributed by atoms with E-state index in [1.807, 2.05) is 24.3 Å². The van der Waals surface area contributed by atoms with E-state index in [-0.39, 0.29) is 17.6 Å². The third-order valence-corrected chi connectivity index (χ3v) is 5.83. The summed E-state index contributed by atoms with van der Waals surface area (Å²) < 4.78 is 25.1. The summed E-state index contributed by atoms with van der Waals surface area (Å²) in [5.41, 5.74) is -0.0195. The lowest BCUT2D eigenvalue weighted by atomic mass is 9.96. The number of piperidine rings is 1. The van der Waals surface area contributed by atoms with Crippen LogP contribution in [0.2, 0.25) is 5.02 Å². The Labute approximate surface area is 192 Å². The number of hydrogen-bond donors (Lipinski definition) is 0. The van der Waals surface area contributed by atoms with Crippen molar-refractivity contribution in [3.05, 3.63) is 82.8 Å². The lowest BCUT2D eigenvalue weighted by molar-refractivity contribution is -0.146. The van der Waals surface area contributed by atoms with Crippen molar-refractivity contribution in [3.8, 4) is 5.75 Å². The number of amides is 1. The lowest BCUT2D eigenvalue weighted by Gasteiger charge is -2.36. The van der Waals surface area contributed by atoms with Gasteiger partial charge in [-0.15, -0.1) is 0 Å². The summed E-state index contributed by atoms with van der Waals surface area (Å²) in [6.07, 6.45) is 4.12.